The number of hydrogen-bond acceptors (Lipinski definition) is 4. The molecule has 0 spiro atoms. The number of carbonyl (C=O) groups excluding carboxylic acids is 1. The maximum absolute atomic E-state index is 12.1. The van der Waals surface area contributed by atoms with Crippen LogP contribution < -0.4 is 5.32 Å². The molecule has 0 aliphatic carbocycles. The van der Waals surface area contributed by atoms with Crippen LogP contribution in [0.15, 0.2) is 30.6 Å². The Hall–Kier alpha value is -1.92. The molecular weight excluding hydrogens is 244 g/mol. The monoisotopic (exact) mass is 260 g/mol. The minimum atomic E-state index is -0.155. The number of aromatic nitrogens is 2. The molecule has 100 valence electrons. The van der Waals surface area contributed by atoms with E-state index in [4.69, 9.17) is 4.74 Å². The van der Waals surface area contributed by atoms with Crippen LogP contribution in [0.2, 0.25) is 0 Å². The summed E-state index contributed by atoms with van der Waals surface area (Å²) in [6.07, 6.45) is 3.54. The molecule has 6 nitrogen and oxygen atoms in total. The largest absolute Gasteiger partial charge is 0.379 e. The third-order valence-corrected chi connectivity index (χ3v) is 3.21. The Labute approximate surface area is 111 Å². The molecular formula is C13H16N4O2. The van der Waals surface area contributed by atoms with Gasteiger partial charge in [-0.15, -0.1) is 0 Å². The maximum atomic E-state index is 12.1. The zero-order valence-electron chi connectivity index (χ0n) is 10.6. The van der Waals surface area contributed by atoms with Crippen LogP contribution in [0.4, 0.5) is 0 Å². The first kappa shape index (κ1) is 12.1. The van der Waals surface area contributed by atoms with E-state index in [1.54, 1.807) is 10.6 Å². The fraction of sp³-hybridized carbons (Fsp3) is 0.385. The van der Waals surface area contributed by atoms with Crippen molar-refractivity contribution in [2.45, 2.75) is 0 Å². The van der Waals surface area contributed by atoms with E-state index in [9.17, 15) is 4.79 Å². The van der Waals surface area contributed by atoms with E-state index in [1.807, 2.05) is 24.4 Å². The number of nitrogens with zero attached hydrogens (tertiary/aromatic N) is 3. The van der Waals surface area contributed by atoms with Crippen LogP contribution in [0, 0.1) is 0 Å². The number of nitrogens with one attached hydrogen (secondary N) is 1. The number of rotatable bonds is 3. The zero-order chi connectivity index (χ0) is 13.1. The lowest BCUT2D eigenvalue weighted by atomic mass is 10.4. The molecule has 1 aliphatic rings. The highest BCUT2D eigenvalue weighted by Crippen LogP contribution is 2.06. The van der Waals surface area contributed by atoms with Crippen LogP contribution in [-0.4, -0.2) is 53.2 Å². The van der Waals surface area contributed by atoms with Gasteiger partial charge in [0.2, 0.25) is 5.82 Å². The Morgan fingerprint density at radius 3 is 3.05 bits per heavy atom. The molecule has 0 unspecified atom stereocenters. The Morgan fingerprint density at radius 2 is 2.21 bits per heavy atom. The van der Waals surface area contributed by atoms with Crippen LogP contribution in [0.5, 0.6) is 0 Å². The van der Waals surface area contributed by atoms with Crippen molar-refractivity contribution in [1.82, 2.24) is 19.6 Å². The molecule has 0 atom stereocenters. The van der Waals surface area contributed by atoms with Gasteiger partial charge in [-0.3, -0.25) is 14.1 Å². The van der Waals surface area contributed by atoms with Crippen molar-refractivity contribution in [2.75, 3.05) is 33.0 Å². The van der Waals surface area contributed by atoms with E-state index in [-0.39, 0.29) is 5.91 Å². The van der Waals surface area contributed by atoms with Gasteiger partial charge in [-0.25, -0.2) is 4.98 Å². The molecule has 0 aromatic carbocycles. The minimum absolute atomic E-state index is 0.155. The number of ether oxygens (including phenoxy) is 1. The summed E-state index contributed by atoms with van der Waals surface area (Å²) in [5.74, 6) is 0.265. The molecule has 2 aromatic heterocycles. The van der Waals surface area contributed by atoms with Gasteiger partial charge in [-0.1, -0.05) is 6.07 Å². The van der Waals surface area contributed by atoms with Crippen LogP contribution in [0.25, 0.3) is 5.52 Å². The van der Waals surface area contributed by atoms with Gasteiger partial charge < -0.3 is 10.1 Å². The molecule has 1 N–H and O–H groups in total. The minimum Gasteiger partial charge on any atom is -0.379 e. The van der Waals surface area contributed by atoms with Gasteiger partial charge in [0, 0.05) is 19.3 Å². The van der Waals surface area contributed by atoms with Crippen molar-refractivity contribution in [3.8, 4) is 0 Å². The summed E-state index contributed by atoms with van der Waals surface area (Å²) in [7, 11) is 0. The predicted octanol–water partition coefficient (Wildman–Crippen LogP) is 0.354. The Balaban J connectivity index is 1.66. The molecule has 1 fully saturated rings. The highest BCUT2D eigenvalue weighted by Gasteiger charge is 2.15. The summed E-state index contributed by atoms with van der Waals surface area (Å²) in [5, 5.41) is 2.90. The van der Waals surface area contributed by atoms with E-state index >= 15 is 0 Å². The van der Waals surface area contributed by atoms with Gasteiger partial charge >= 0.3 is 0 Å². The van der Waals surface area contributed by atoms with Gasteiger partial charge in [-0.05, 0) is 12.1 Å². The molecule has 3 heterocycles. The highest BCUT2D eigenvalue weighted by molar-refractivity contribution is 5.91. The molecule has 0 saturated carbocycles. The molecule has 2 aromatic rings. The molecule has 6 heteroatoms. The van der Waals surface area contributed by atoms with Crippen LogP contribution in [0.3, 0.4) is 0 Å². The smallest absolute Gasteiger partial charge is 0.288 e. The number of fused-ring (bicyclic) bond motifs is 1. The second kappa shape index (κ2) is 5.38. The fourth-order valence-corrected chi connectivity index (χ4v) is 2.13. The van der Waals surface area contributed by atoms with E-state index < -0.39 is 0 Å². The quantitative estimate of drug-likeness (QED) is 0.865. The molecule has 19 heavy (non-hydrogen) atoms. The van der Waals surface area contributed by atoms with Gasteiger partial charge in [0.05, 0.1) is 31.6 Å². The molecule has 0 bridgehead atoms. The van der Waals surface area contributed by atoms with Gasteiger partial charge in [0.25, 0.3) is 5.91 Å². The van der Waals surface area contributed by atoms with Crippen molar-refractivity contribution >= 4 is 11.4 Å². The molecule has 1 aliphatic heterocycles. The fourth-order valence-electron chi connectivity index (χ4n) is 2.13. The molecule has 1 saturated heterocycles. The third kappa shape index (κ3) is 2.59. The van der Waals surface area contributed by atoms with Crippen LogP contribution in [0.1, 0.15) is 10.6 Å². The van der Waals surface area contributed by atoms with E-state index in [2.05, 4.69) is 15.2 Å². The Morgan fingerprint density at radius 1 is 1.37 bits per heavy atom. The average Bonchev–Trinajstić information content (AvgIpc) is 2.90. The lowest BCUT2D eigenvalue weighted by Gasteiger charge is -2.26. The number of hydrogen-bond donors (Lipinski definition) is 1. The average molecular weight is 260 g/mol. The lowest BCUT2D eigenvalue weighted by Crippen LogP contribution is -2.44. The zero-order valence-corrected chi connectivity index (χ0v) is 10.6. The van der Waals surface area contributed by atoms with Crippen molar-refractivity contribution < 1.29 is 9.53 Å². The van der Waals surface area contributed by atoms with Crippen molar-refractivity contribution in [3.05, 3.63) is 36.4 Å². The molecule has 1 amide bonds. The number of amides is 1. The lowest BCUT2D eigenvalue weighted by molar-refractivity contribution is 0.0333. The van der Waals surface area contributed by atoms with Gasteiger partial charge in [0.15, 0.2) is 0 Å². The summed E-state index contributed by atoms with van der Waals surface area (Å²) in [6.45, 7) is 3.68. The summed E-state index contributed by atoms with van der Waals surface area (Å²) in [4.78, 5) is 18.4. The Kier molecular flexibility index (Phi) is 3.43. The normalized spacial score (nSPS) is 16.6. The SMILES string of the molecule is O=C(NCN1CCOCC1)c1ncc2ccccn12. The van der Waals surface area contributed by atoms with Crippen molar-refractivity contribution in [1.29, 1.82) is 0 Å². The number of carbonyl (C=O) groups is 1. The molecule has 0 radical (unpaired) electrons. The van der Waals surface area contributed by atoms with Crippen molar-refractivity contribution in [3.63, 3.8) is 0 Å². The number of pyridine rings is 1. The summed E-state index contributed by atoms with van der Waals surface area (Å²) >= 11 is 0. The molecule has 3 rings (SSSR count). The van der Waals surface area contributed by atoms with Crippen LogP contribution >= 0.6 is 0 Å². The third-order valence-electron chi connectivity index (χ3n) is 3.21. The Bertz CT molecular complexity index is 575. The van der Waals surface area contributed by atoms with E-state index in [0.717, 1.165) is 31.8 Å². The van der Waals surface area contributed by atoms with E-state index in [1.165, 1.54) is 0 Å². The van der Waals surface area contributed by atoms with E-state index in [0.29, 0.717) is 12.5 Å². The second-order valence-electron chi connectivity index (χ2n) is 4.47. The summed E-state index contributed by atoms with van der Waals surface area (Å²) in [5.41, 5.74) is 0.916. The maximum Gasteiger partial charge on any atom is 0.288 e. The second-order valence-corrected chi connectivity index (χ2v) is 4.47. The summed E-state index contributed by atoms with van der Waals surface area (Å²) in [6, 6.07) is 5.73. The predicted molar refractivity (Wildman–Crippen MR) is 69.9 cm³/mol. The standard InChI is InChI=1S/C13H16N4O2/c18-13(15-10-16-5-7-19-8-6-16)12-14-9-11-3-1-2-4-17(11)12/h1-4,9H,5-8,10H2,(H,15,18). The topological polar surface area (TPSA) is 58.9 Å². The van der Waals surface area contributed by atoms with Gasteiger partial charge in [0.1, 0.15) is 0 Å². The van der Waals surface area contributed by atoms with Crippen molar-refractivity contribution in [2.24, 2.45) is 0 Å². The first-order chi connectivity index (χ1) is 9.34. The van der Waals surface area contributed by atoms with Gasteiger partial charge in [-0.2, -0.15) is 0 Å². The van der Waals surface area contributed by atoms with Crippen LogP contribution in [-0.2, 0) is 4.74 Å². The summed E-state index contributed by atoms with van der Waals surface area (Å²) < 4.78 is 7.05. The highest BCUT2D eigenvalue weighted by atomic mass is 16.5. The number of morpholine rings is 1. The first-order valence-corrected chi connectivity index (χ1v) is 6.35. The number of imidazole rings is 1. The first-order valence-electron chi connectivity index (χ1n) is 6.35.